The number of nitrogens with two attached hydrogens (primary N) is 1. The van der Waals surface area contributed by atoms with Gasteiger partial charge in [0.2, 0.25) is 0 Å². The van der Waals surface area contributed by atoms with Crippen molar-refractivity contribution in [3.8, 4) is 0 Å². The third-order valence-corrected chi connectivity index (χ3v) is 1.04. The van der Waals surface area contributed by atoms with Crippen LogP contribution in [-0.2, 0) is 9.47 Å². The Bertz CT molecular complexity index is 53.7. The van der Waals surface area contributed by atoms with Gasteiger partial charge in [0, 0.05) is 20.3 Å². The highest BCUT2D eigenvalue weighted by Gasteiger charge is 1.86. The molecule has 0 heterocycles. The van der Waals surface area contributed by atoms with Crippen molar-refractivity contribution in [1.29, 1.82) is 0 Å². The maximum Gasteiger partial charge on any atom is 0.0700 e. The van der Waals surface area contributed by atoms with Gasteiger partial charge in [0.25, 0.3) is 0 Å². The summed E-state index contributed by atoms with van der Waals surface area (Å²) < 4.78 is 9.94. The van der Waals surface area contributed by atoms with Crippen molar-refractivity contribution in [2.75, 3.05) is 33.5 Å². The van der Waals surface area contributed by atoms with Gasteiger partial charge in [-0.1, -0.05) is 0 Å². The van der Waals surface area contributed by atoms with E-state index in [9.17, 15) is 0 Å². The van der Waals surface area contributed by atoms with Gasteiger partial charge in [-0.25, -0.2) is 0 Å². The molecule has 0 aliphatic rings. The lowest BCUT2D eigenvalue weighted by molar-refractivity contribution is 0.0695. The smallest absolute Gasteiger partial charge is 0.0700 e. The Balaban J connectivity index is 2.65. The predicted molar refractivity (Wildman–Crippen MR) is 39.5 cm³/mol. The van der Waals surface area contributed by atoms with Gasteiger partial charge in [-0.3, -0.25) is 11.3 Å². The van der Waals surface area contributed by atoms with Crippen molar-refractivity contribution < 1.29 is 9.47 Å². The van der Waals surface area contributed by atoms with Crippen LogP contribution in [0.5, 0.6) is 0 Å². The zero-order valence-corrected chi connectivity index (χ0v) is 6.43. The monoisotopic (exact) mass is 148 g/mol. The molecule has 0 bridgehead atoms. The number of hydrogen-bond acceptors (Lipinski definition) is 4. The van der Waals surface area contributed by atoms with Gasteiger partial charge in [0.05, 0.1) is 13.2 Å². The molecule has 0 radical (unpaired) electrons. The van der Waals surface area contributed by atoms with E-state index < -0.39 is 0 Å². The Morgan fingerprint density at radius 3 is 2.70 bits per heavy atom. The van der Waals surface area contributed by atoms with Crippen molar-refractivity contribution in [3.63, 3.8) is 0 Å². The minimum Gasteiger partial charge on any atom is -0.382 e. The summed E-state index contributed by atoms with van der Waals surface area (Å²) in [4.78, 5) is 0. The summed E-state index contributed by atoms with van der Waals surface area (Å²) in [5, 5.41) is 0. The highest BCUT2D eigenvalue weighted by molar-refractivity contribution is 4.37. The molecule has 0 spiro atoms. The zero-order chi connectivity index (χ0) is 7.66. The summed E-state index contributed by atoms with van der Waals surface area (Å²) in [6, 6.07) is 0. The summed E-state index contributed by atoms with van der Waals surface area (Å²) in [7, 11) is 1.66. The third-order valence-electron chi connectivity index (χ3n) is 1.04. The van der Waals surface area contributed by atoms with Crippen molar-refractivity contribution in [3.05, 3.63) is 0 Å². The van der Waals surface area contributed by atoms with Gasteiger partial charge >= 0.3 is 0 Å². The molecule has 4 heteroatoms. The zero-order valence-electron chi connectivity index (χ0n) is 6.43. The number of ether oxygens (including phenoxy) is 2. The topological polar surface area (TPSA) is 56.5 Å². The Kier molecular flexibility index (Phi) is 8.70. The molecule has 0 aromatic heterocycles. The van der Waals surface area contributed by atoms with Crippen LogP contribution in [0.25, 0.3) is 0 Å². The molecule has 0 aliphatic carbocycles. The first-order chi connectivity index (χ1) is 4.91. The third kappa shape index (κ3) is 7.84. The van der Waals surface area contributed by atoms with Crippen LogP contribution in [0.3, 0.4) is 0 Å². The second-order valence-corrected chi connectivity index (χ2v) is 1.91. The lowest BCUT2D eigenvalue weighted by Crippen LogP contribution is -2.24. The van der Waals surface area contributed by atoms with Crippen LogP contribution >= 0.6 is 0 Å². The molecule has 0 fully saturated rings. The van der Waals surface area contributed by atoms with E-state index in [-0.39, 0.29) is 0 Å². The fraction of sp³-hybridized carbons (Fsp3) is 1.00. The average molecular weight is 148 g/mol. The molecule has 0 aromatic carbocycles. The minimum absolute atomic E-state index is 0.663. The van der Waals surface area contributed by atoms with Gasteiger partial charge in [0.1, 0.15) is 0 Å². The number of hydrazine groups is 1. The van der Waals surface area contributed by atoms with E-state index in [1.54, 1.807) is 7.11 Å². The number of rotatable bonds is 7. The normalized spacial score (nSPS) is 10.2. The molecular weight excluding hydrogens is 132 g/mol. The van der Waals surface area contributed by atoms with E-state index in [0.29, 0.717) is 13.2 Å². The summed E-state index contributed by atoms with van der Waals surface area (Å²) in [5.74, 6) is 5.04. The largest absolute Gasteiger partial charge is 0.382 e. The number of hydrogen-bond donors (Lipinski definition) is 2. The molecule has 4 nitrogen and oxygen atoms in total. The van der Waals surface area contributed by atoms with Crippen LogP contribution in [-0.4, -0.2) is 33.5 Å². The van der Waals surface area contributed by atoms with Gasteiger partial charge < -0.3 is 9.47 Å². The SMILES string of the molecule is COCCOCCCNN. The summed E-state index contributed by atoms with van der Waals surface area (Å²) in [6.45, 7) is 2.87. The standard InChI is InChI=1S/C6H16N2O2/c1-9-5-6-10-4-2-3-8-7/h8H,2-7H2,1H3. The molecule has 0 saturated carbocycles. The second kappa shape index (κ2) is 8.84. The molecule has 0 amide bonds. The highest BCUT2D eigenvalue weighted by Crippen LogP contribution is 1.79. The van der Waals surface area contributed by atoms with Crippen LogP contribution in [0.1, 0.15) is 6.42 Å². The Morgan fingerprint density at radius 1 is 1.30 bits per heavy atom. The first-order valence-electron chi connectivity index (χ1n) is 3.42. The average Bonchev–Trinajstić information content (AvgIpc) is 1.97. The molecule has 0 saturated heterocycles. The van der Waals surface area contributed by atoms with Crippen molar-refractivity contribution in [1.82, 2.24) is 5.43 Å². The van der Waals surface area contributed by atoms with Crippen molar-refractivity contribution in [2.24, 2.45) is 5.84 Å². The van der Waals surface area contributed by atoms with Crippen molar-refractivity contribution >= 4 is 0 Å². The van der Waals surface area contributed by atoms with Crippen LogP contribution in [0.2, 0.25) is 0 Å². The van der Waals surface area contributed by atoms with Crippen LogP contribution in [0, 0.1) is 0 Å². The second-order valence-electron chi connectivity index (χ2n) is 1.91. The Labute approximate surface area is 61.7 Å². The minimum atomic E-state index is 0.663. The molecule has 0 aromatic rings. The van der Waals surface area contributed by atoms with E-state index in [1.807, 2.05) is 0 Å². The van der Waals surface area contributed by atoms with E-state index in [0.717, 1.165) is 19.6 Å². The fourth-order valence-electron chi connectivity index (χ4n) is 0.521. The summed E-state index contributed by atoms with van der Waals surface area (Å²) >= 11 is 0. The molecule has 0 unspecified atom stereocenters. The predicted octanol–water partition coefficient (Wildman–Crippen LogP) is -0.497. The molecule has 62 valence electrons. The van der Waals surface area contributed by atoms with Gasteiger partial charge in [-0.15, -0.1) is 0 Å². The molecule has 0 rings (SSSR count). The Morgan fingerprint density at radius 2 is 2.10 bits per heavy atom. The molecular formula is C6H16N2O2. The van der Waals surface area contributed by atoms with Crippen molar-refractivity contribution in [2.45, 2.75) is 6.42 Å². The molecule has 0 aliphatic heterocycles. The first kappa shape index (κ1) is 9.84. The quantitative estimate of drug-likeness (QED) is 0.290. The summed E-state index contributed by atoms with van der Waals surface area (Å²) in [5.41, 5.74) is 2.55. The Hall–Kier alpha value is -0.160. The fourth-order valence-corrected chi connectivity index (χ4v) is 0.521. The highest BCUT2D eigenvalue weighted by atomic mass is 16.5. The van der Waals surface area contributed by atoms with Gasteiger partial charge in [0.15, 0.2) is 0 Å². The van der Waals surface area contributed by atoms with E-state index in [4.69, 9.17) is 15.3 Å². The van der Waals surface area contributed by atoms with E-state index in [2.05, 4.69) is 5.43 Å². The van der Waals surface area contributed by atoms with Crippen LogP contribution in [0.15, 0.2) is 0 Å². The molecule has 3 N–H and O–H groups in total. The van der Waals surface area contributed by atoms with Crippen LogP contribution in [0.4, 0.5) is 0 Å². The maximum absolute atomic E-state index is 5.16. The first-order valence-corrected chi connectivity index (χ1v) is 3.42. The maximum atomic E-state index is 5.16. The van der Waals surface area contributed by atoms with Gasteiger partial charge in [-0.05, 0) is 6.42 Å². The lowest BCUT2D eigenvalue weighted by Gasteiger charge is -2.01. The number of nitrogens with one attached hydrogen (secondary N) is 1. The number of methoxy groups -OCH3 is 1. The lowest BCUT2D eigenvalue weighted by atomic mass is 10.5. The molecule has 0 atom stereocenters. The van der Waals surface area contributed by atoms with E-state index >= 15 is 0 Å². The summed E-state index contributed by atoms with van der Waals surface area (Å²) in [6.07, 6.45) is 0.945. The van der Waals surface area contributed by atoms with Crippen LogP contribution < -0.4 is 11.3 Å². The molecule has 10 heavy (non-hydrogen) atoms. The van der Waals surface area contributed by atoms with E-state index in [1.165, 1.54) is 0 Å². The van der Waals surface area contributed by atoms with Gasteiger partial charge in [-0.2, -0.15) is 0 Å².